The fourth-order valence-electron chi connectivity index (χ4n) is 6.26. The lowest BCUT2D eigenvalue weighted by Crippen LogP contribution is -2.47. The second-order valence-corrected chi connectivity index (χ2v) is 13.2. The fraction of sp³-hybridized carbons (Fsp3) is 0.531. The van der Waals surface area contributed by atoms with Crippen LogP contribution in [-0.4, -0.2) is 86.5 Å². The summed E-state index contributed by atoms with van der Waals surface area (Å²) in [5.74, 6) is 0.866. The summed E-state index contributed by atoms with van der Waals surface area (Å²) in [5.41, 5.74) is 2.90. The number of aryl methyl sites for hydroxylation is 2. The monoisotopic (exact) mass is 606 g/mol. The Labute approximate surface area is 258 Å². The first kappa shape index (κ1) is 31.4. The normalized spacial score (nSPS) is 20.9. The van der Waals surface area contributed by atoms with Gasteiger partial charge in [0.2, 0.25) is 0 Å². The summed E-state index contributed by atoms with van der Waals surface area (Å²) in [6.07, 6.45) is 2.72. The van der Waals surface area contributed by atoms with Gasteiger partial charge < -0.3 is 25.2 Å². The molecule has 0 radical (unpaired) electrons. The summed E-state index contributed by atoms with van der Waals surface area (Å²) < 4.78 is 20.7. The molecule has 3 atom stereocenters. The summed E-state index contributed by atoms with van der Waals surface area (Å²) in [6, 6.07) is 11.9. The number of rotatable bonds is 7. The molecule has 3 heterocycles. The van der Waals surface area contributed by atoms with Gasteiger partial charge in [-0.2, -0.15) is 0 Å². The highest BCUT2D eigenvalue weighted by atomic mass is 19.1. The SMILES string of the molecule is Cc1cc(NC(=O)NC2CN(C(=O)OC(C)(C)C)CC2CN2CCC[C@@H](Cc3ccc(F)cc3)C2)cc(-c2nnnn2C)c1. The summed E-state index contributed by atoms with van der Waals surface area (Å²) in [4.78, 5) is 30.5. The molecule has 0 bridgehead atoms. The fourth-order valence-corrected chi connectivity index (χ4v) is 6.26. The Balaban J connectivity index is 1.26. The van der Waals surface area contributed by atoms with Gasteiger partial charge in [0.1, 0.15) is 11.4 Å². The van der Waals surface area contributed by atoms with Crippen LogP contribution in [0.1, 0.15) is 44.7 Å². The number of amides is 3. The molecule has 3 aromatic rings. The molecule has 44 heavy (non-hydrogen) atoms. The van der Waals surface area contributed by atoms with Crippen LogP contribution in [0.25, 0.3) is 11.4 Å². The first-order chi connectivity index (χ1) is 20.9. The molecule has 11 nitrogen and oxygen atoms in total. The molecule has 0 aliphatic carbocycles. The van der Waals surface area contributed by atoms with Crippen molar-refractivity contribution in [2.75, 3.05) is 38.0 Å². The number of likely N-dealkylation sites (tertiary alicyclic amines) is 2. The molecule has 2 aliphatic heterocycles. The van der Waals surface area contributed by atoms with E-state index >= 15 is 0 Å². The van der Waals surface area contributed by atoms with Crippen LogP contribution in [0, 0.1) is 24.6 Å². The highest BCUT2D eigenvalue weighted by Gasteiger charge is 2.39. The van der Waals surface area contributed by atoms with Crippen molar-refractivity contribution < 1.29 is 18.7 Å². The molecule has 2 N–H and O–H groups in total. The number of hydrogen-bond donors (Lipinski definition) is 2. The number of carbonyl (C=O) groups excluding carboxylic acids is 2. The molecule has 2 aliphatic rings. The van der Waals surface area contributed by atoms with E-state index in [-0.39, 0.29) is 29.9 Å². The maximum absolute atomic E-state index is 13.4. The summed E-state index contributed by atoms with van der Waals surface area (Å²) in [6.45, 7) is 11.0. The molecule has 2 unspecified atom stereocenters. The molecular formula is C32H43FN8O3. The van der Waals surface area contributed by atoms with Gasteiger partial charge in [0, 0.05) is 50.4 Å². The first-order valence-electron chi connectivity index (χ1n) is 15.3. The van der Waals surface area contributed by atoms with E-state index in [1.807, 2.05) is 58.0 Å². The van der Waals surface area contributed by atoms with Crippen LogP contribution in [0.2, 0.25) is 0 Å². The minimum atomic E-state index is -0.614. The zero-order valence-electron chi connectivity index (χ0n) is 26.2. The van der Waals surface area contributed by atoms with Gasteiger partial charge in [0.15, 0.2) is 5.82 Å². The summed E-state index contributed by atoms with van der Waals surface area (Å²) >= 11 is 0. The molecule has 236 valence electrons. The number of nitrogens with one attached hydrogen (secondary N) is 2. The van der Waals surface area contributed by atoms with Gasteiger partial charge in [-0.1, -0.05) is 12.1 Å². The van der Waals surface area contributed by atoms with Gasteiger partial charge in [-0.05, 0) is 111 Å². The average Bonchev–Trinajstić information content (AvgIpc) is 3.55. The van der Waals surface area contributed by atoms with E-state index in [0.29, 0.717) is 30.5 Å². The van der Waals surface area contributed by atoms with Crippen LogP contribution in [-0.2, 0) is 18.2 Å². The molecule has 2 saturated heterocycles. The second-order valence-electron chi connectivity index (χ2n) is 13.2. The molecule has 12 heteroatoms. The Bertz CT molecular complexity index is 1450. The van der Waals surface area contributed by atoms with Gasteiger partial charge in [0.25, 0.3) is 0 Å². The van der Waals surface area contributed by atoms with Crippen LogP contribution >= 0.6 is 0 Å². The number of tetrazole rings is 1. The smallest absolute Gasteiger partial charge is 0.410 e. The van der Waals surface area contributed by atoms with Crippen molar-refractivity contribution in [3.05, 3.63) is 59.4 Å². The number of benzene rings is 2. The van der Waals surface area contributed by atoms with E-state index in [2.05, 4.69) is 31.1 Å². The molecule has 2 aromatic carbocycles. The maximum Gasteiger partial charge on any atom is 0.410 e. The van der Waals surface area contributed by atoms with Crippen molar-refractivity contribution in [1.29, 1.82) is 0 Å². The Morgan fingerprint density at radius 1 is 1.09 bits per heavy atom. The van der Waals surface area contributed by atoms with Gasteiger partial charge in [-0.15, -0.1) is 5.10 Å². The number of halogens is 1. The predicted molar refractivity (Wildman–Crippen MR) is 165 cm³/mol. The highest BCUT2D eigenvalue weighted by molar-refractivity contribution is 5.90. The number of carbonyl (C=O) groups is 2. The number of ether oxygens (including phenoxy) is 1. The van der Waals surface area contributed by atoms with Gasteiger partial charge in [0.05, 0.1) is 6.04 Å². The van der Waals surface area contributed by atoms with Crippen LogP contribution in [0.15, 0.2) is 42.5 Å². The third kappa shape index (κ3) is 8.31. The molecule has 2 fully saturated rings. The number of urea groups is 1. The van der Waals surface area contributed by atoms with E-state index in [1.165, 1.54) is 12.1 Å². The van der Waals surface area contributed by atoms with E-state index < -0.39 is 5.60 Å². The van der Waals surface area contributed by atoms with Crippen molar-refractivity contribution in [3.63, 3.8) is 0 Å². The number of anilines is 1. The molecule has 1 aromatic heterocycles. The lowest BCUT2D eigenvalue weighted by atomic mass is 9.90. The van der Waals surface area contributed by atoms with Crippen LogP contribution < -0.4 is 10.6 Å². The van der Waals surface area contributed by atoms with Crippen molar-refractivity contribution in [2.24, 2.45) is 18.9 Å². The van der Waals surface area contributed by atoms with Crippen LogP contribution in [0.4, 0.5) is 19.7 Å². The zero-order chi connectivity index (χ0) is 31.4. The Morgan fingerprint density at radius 3 is 2.57 bits per heavy atom. The third-order valence-electron chi connectivity index (χ3n) is 8.16. The standard InChI is InChI=1S/C32H43FN8O3/c1-21-13-24(29-36-37-38-39(29)5)16-27(14-21)34-30(42)35-28-20-41(31(43)44-32(2,3)4)19-25(28)18-40-12-6-7-23(17-40)15-22-8-10-26(33)11-9-22/h8-11,13-14,16,23,25,28H,6-7,12,15,17-20H2,1-5H3,(H2,34,35,42)/t23-,25?,28?/m0/s1. The van der Waals surface area contributed by atoms with Gasteiger partial charge in [-0.3, -0.25) is 0 Å². The third-order valence-corrected chi connectivity index (χ3v) is 8.16. The van der Waals surface area contributed by atoms with Crippen LogP contribution in [0.3, 0.4) is 0 Å². The second kappa shape index (κ2) is 13.3. The Kier molecular flexibility index (Phi) is 9.48. The Morgan fingerprint density at radius 2 is 1.86 bits per heavy atom. The highest BCUT2D eigenvalue weighted by Crippen LogP contribution is 2.27. The molecule has 0 spiro atoms. The van der Waals surface area contributed by atoms with E-state index in [4.69, 9.17) is 4.74 Å². The molecular weight excluding hydrogens is 563 g/mol. The lowest BCUT2D eigenvalue weighted by molar-refractivity contribution is 0.0282. The maximum atomic E-state index is 13.4. The molecule has 0 saturated carbocycles. The number of nitrogens with zero attached hydrogens (tertiary/aromatic N) is 6. The minimum absolute atomic E-state index is 0.0237. The number of hydrogen-bond acceptors (Lipinski definition) is 7. The zero-order valence-corrected chi connectivity index (χ0v) is 26.2. The molecule has 5 rings (SSSR count). The summed E-state index contributed by atoms with van der Waals surface area (Å²) in [5, 5.41) is 17.8. The van der Waals surface area contributed by atoms with E-state index in [0.717, 1.165) is 55.6 Å². The first-order valence-corrected chi connectivity index (χ1v) is 15.3. The average molecular weight is 607 g/mol. The number of aromatic nitrogens is 4. The van der Waals surface area contributed by atoms with Crippen molar-refractivity contribution in [3.8, 4) is 11.4 Å². The largest absolute Gasteiger partial charge is 0.444 e. The van der Waals surface area contributed by atoms with Crippen molar-refractivity contribution in [1.82, 2.24) is 35.3 Å². The van der Waals surface area contributed by atoms with E-state index in [1.54, 1.807) is 16.6 Å². The number of piperidine rings is 1. The summed E-state index contributed by atoms with van der Waals surface area (Å²) in [7, 11) is 1.77. The lowest BCUT2D eigenvalue weighted by Gasteiger charge is -2.35. The topological polar surface area (TPSA) is 118 Å². The minimum Gasteiger partial charge on any atom is -0.444 e. The van der Waals surface area contributed by atoms with Gasteiger partial charge >= 0.3 is 12.1 Å². The van der Waals surface area contributed by atoms with Gasteiger partial charge in [-0.25, -0.2) is 18.7 Å². The molecule has 3 amide bonds. The van der Waals surface area contributed by atoms with Crippen molar-refractivity contribution >= 4 is 17.8 Å². The quantitative estimate of drug-likeness (QED) is 0.403. The predicted octanol–water partition coefficient (Wildman–Crippen LogP) is 4.64. The van der Waals surface area contributed by atoms with Crippen LogP contribution in [0.5, 0.6) is 0 Å². The van der Waals surface area contributed by atoms with E-state index in [9.17, 15) is 14.0 Å². The van der Waals surface area contributed by atoms with Crippen molar-refractivity contribution in [2.45, 2.75) is 58.6 Å². The Hall–Kier alpha value is -4.06.